The van der Waals surface area contributed by atoms with Gasteiger partial charge in [-0.05, 0) is 47.6 Å². The molecule has 198 valence electrons. The standard InChI is InChI=1S/C31H35N3O4/c1-30(2,15-7-6-12-26(36)34-17-19-38-20-18-34)31(33-29(37)23-11-8-16-32-21-23)27-24(13-14-25(35)28(27)31)22-9-4-3-5-10-22/h3-5,8-11,13-14,16,21,35H,6-7,12,15,17-20H2,1-2H3,(H,33,37). The zero-order chi connectivity index (χ0) is 26.8. The van der Waals surface area contributed by atoms with Crippen LogP contribution < -0.4 is 5.32 Å². The highest BCUT2D eigenvalue weighted by molar-refractivity contribution is 5.97. The third-order valence-corrected chi connectivity index (χ3v) is 8.00. The van der Waals surface area contributed by atoms with E-state index < -0.39 is 11.0 Å². The van der Waals surface area contributed by atoms with E-state index in [2.05, 4.69) is 24.1 Å². The molecule has 0 radical (unpaired) electrons. The Labute approximate surface area is 223 Å². The van der Waals surface area contributed by atoms with E-state index in [0.717, 1.165) is 41.5 Å². The molecule has 0 saturated carbocycles. The van der Waals surface area contributed by atoms with Crippen molar-refractivity contribution in [2.45, 2.75) is 45.1 Å². The molecule has 2 aromatic carbocycles. The van der Waals surface area contributed by atoms with E-state index in [1.807, 2.05) is 41.3 Å². The summed E-state index contributed by atoms with van der Waals surface area (Å²) in [5.41, 5.74) is 2.96. The van der Waals surface area contributed by atoms with Gasteiger partial charge in [-0.25, -0.2) is 0 Å². The summed E-state index contributed by atoms with van der Waals surface area (Å²) in [5, 5.41) is 14.3. The first-order valence-electron chi connectivity index (χ1n) is 13.4. The number of pyridine rings is 1. The van der Waals surface area contributed by atoms with Gasteiger partial charge in [-0.2, -0.15) is 0 Å². The van der Waals surface area contributed by atoms with Crippen LogP contribution in [-0.2, 0) is 15.1 Å². The molecule has 7 heteroatoms. The second-order valence-electron chi connectivity index (χ2n) is 10.8. The second-order valence-corrected chi connectivity index (χ2v) is 10.8. The summed E-state index contributed by atoms with van der Waals surface area (Å²) in [6.45, 7) is 6.78. The fraction of sp³-hybridized carbons (Fsp3) is 0.387. The zero-order valence-corrected chi connectivity index (χ0v) is 22.1. The van der Waals surface area contributed by atoms with Gasteiger partial charge in [0, 0.05) is 43.0 Å². The topological polar surface area (TPSA) is 91.8 Å². The first kappa shape index (κ1) is 25.9. The smallest absolute Gasteiger partial charge is 0.253 e. The van der Waals surface area contributed by atoms with Crippen molar-refractivity contribution in [3.63, 3.8) is 0 Å². The molecule has 1 saturated heterocycles. The van der Waals surface area contributed by atoms with Crippen molar-refractivity contribution in [1.29, 1.82) is 0 Å². The van der Waals surface area contributed by atoms with Crippen LogP contribution in [-0.4, -0.2) is 53.1 Å². The Morgan fingerprint density at radius 2 is 1.79 bits per heavy atom. The Morgan fingerprint density at radius 3 is 2.50 bits per heavy atom. The maximum absolute atomic E-state index is 13.5. The Bertz CT molecular complexity index is 1300. The van der Waals surface area contributed by atoms with Gasteiger partial charge >= 0.3 is 0 Å². The number of aromatic hydroxyl groups is 1. The maximum atomic E-state index is 13.5. The quantitative estimate of drug-likeness (QED) is 0.398. The highest BCUT2D eigenvalue weighted by atomic mass is 16.5. The summed E-state index contributed by atoms with van der Waals surface area (Å²) < 4.78 is 5.36. The molecule has 1 fully saturated rings. The molecule has 1 aliphatic carbocycles. The van der Waals surface area contributed by atoms with Gasteiger partial charge in [0.1, 0.15) is 11.3 Å². The average Bonchev–Trinajstić information content (AvgIpc) is 3.63. The largest absolute Gasteiger partial charge is 0.508 e. The third kappa shape index (κ3) is 4.78. The van der Waals surface area contributed by atoms with Crippen LogP contribution in [0.4, 0.5) is 0 Å². The summed E-state index contributed by atoms with van der Waals surface area (Å²) >= 11 is 0. The van der Waals surface area contributed by atoms with Gasteiger partial charge in [0.05, 0.1) is 18.8 Å². The number of unbranched alkanes of at least 4 members (excludes halogenated alkanes) is 1. The number of hydrogen-bond donors (Lipinski definition) is 2. The van der Waals surface area contributed by atoms with E-state index in [1.165, 1.54) is 0 Å². The third-order valence-electron chi connectivity index (χ3n) is 8.00. The number of nitrogens with one attached hydrogen (secondary N) is 1. The van der Waals surface area contributed by atoms with Crippen LogP contribution in [0.15, 0.2) is 67.0 Å². The fourth-order valence-corrected chi connectivity index (χ4v) is 5.84. The average molecular weight is 514 g/mol. The molecule has 1 atom stereocenters. The van der Waals surface area contributed by atoms with Crippen LogP contribution >= 0.6 is 0 Å². The van der Waals surface area contributed by atoms with Gasteiger partial charge < -0.3 is 20.1 Å². The SMILES string of the molecule is CC(C)(CCCCC(=O)N1CCOCC1)C1(NC(=O)c2cccnc2)c2c(O)ccc(-c3ccccc3)c21. The normalized spacial score (nSPS) is 18.5. The summed E-state index contributed by atoms with van der Waals surface area (Å²) in [6.07, 6.45) is 6.04. The van der Waals surface area contributed by atoms with Crippen molar-refractivity contribution in [3.8, 4) is 16.9 Å². The molecule has 38 heavy (non-hydrogen) atoms. The number of aromatic nitrogens is 1. The van der Waals surface area contributed by atoms with Gasteiger partial charge in [-0.3, -0.25) is 14.6 Å². The van der Waals surface area contributed by atoms with E-state index in [9.17, 15) is 14.7 Å². The molecular weight excluding hydrogens is 478 g/mol. The van der Waals surface area contributed by atoms with Gasteiger partial charge in [0.15, 0.2) is 0 Å². The molecular formula is C31H35N3O4. The van der Waals surface area contributed by atoms with Crippen molar-refractivity contribution >= 4 is 11.8 Å². The number of rotatable bonds is 9. The van der Waals surface area contributed by atoms with E-state index in [-0.39, 0.29) is 17.6 Å². The minimum atomic E-state index is -0.840. The molecule has 2 aliphatic rings. The molecule has 5 rings (SSSR count). The number of nitrogens with zero attached hydrogens (tertiary/aromatic N) is 2. The molecule has 2 amide bonds. The van der Waals surface area contributed by atoms with Crippen LogP contribution in [0.1, 0.15) is 61.0 Å². The Balaban J connectivity index is 1.40. The van der Waals surface area contributed by atoms with Crippen molar-refractivity contribution in [1.82, 2.24) is 15.2 Å². The lowest BCUT2D eigenvalue weighted by Crippen LogP contribution is -2.47. The molecule has 0 spiro atoms. The minimum absolute atomic E-state index is 0.171. The summed E-state index contributed by atoms with van der Waals surface area (Å²) in [6, 6.07) is 17.2. The van der Waals surface area contributed by atoms with Crippen molar-refractivity contribution in [2.24, 2.45) is 5.41 Å². The summed E-state index contributed by atoms with van der Waals surface area (Å²) in [7, 11) is 0. The minimum Gasteiger partial charge on any atom is -0.508 e. The number of fused-ring (bicyclic) bond motifs is 1. The monoisotopic (exact) mass is 513 g/mol. The van der Waals surface area contributed by atoms with Gasteiger partial charge in [-0.1, -0.05) is 56.7 Å². The highest BCUT2D eigenvalue weighted by Crippen LogP contribution is 2.66. The molecule has 1 aliphatic heterocycles. The first-order chi connectivity index (χ1) is 18.3. The number of benzene rings is 2. The van der Waals surface area contributed by atoms with Gasteiger partial charge in [0.2, 0.25) is 5.91 Å². The lowest BCUT2D eigenvalue weighted by atomic mass is 9.74. The molecule has 1 unspecified atom stereocenters. The van der Waals surface area contributed by atoms with Crippen LogP contribution in [0.2, 0.25) is 0 Å². The Kier molecular flexibility index (Phi) is 7.21. The van der Waals surface area contributed by atoms with Crippen molar-refractivity contribution in [3.05, 3.63) is 83.7 Å². The van der Waals surface area contributed by atoms with Crippen LogP contribution in [0, 0.1) is 5.41 Å². The van der Waals surface area contributed by atoms with E-state index in [1.54, 1.807) is 30.6 Å². The Morgan fingerprint density at radius 1 is 1.03 bits per heavy atom. The van der Waals surface area contributed by atoms with Crippen LogP contribution in [0.25, 0.3) is 11.1 Å². The molecule has 0 bridgehead atoms. The van der Waals surface area contributed by atoms with Crippen molar-refractivity contribution < 1.29 is 19.4 Å². The number of phenols is 1. The molecule has 7 nitrogen and oxygen atoms in total. The fourth-order valence-electron chi connectivity index (χ4n) is 5.84. The van der Waals surface area contributed by atoms with Crippen LogP contribution in [0.5, 0.6) is 5.75 Å². The lowest BCUT2D eigenvalue weighted by Gasteiger charge is -2.37. The van der Waals surface area contributed by atoms with E-state index in [0.29, 0.717) is 38.3 Å². The number of morpholine rings is 1. The Hall–Kier alpha value is -3.71. The van der Waals surface area contributed by atoms with Gasteiger partial charge in [0.25, 0.3) is 5.91 Å². The van der Waals surface area contributed by atoms with Gasteiger partial charge in [-0.15, -0.1) is 0 Å². The second kappa shape index (κ2) is 10.6. The molecule has 1 aromatic heterocycles. The number of hydrogen-bond acceptors (Lipinski definition) is 5. The molecule has 3 aromatic rings. The number of phenolic OH excluding ortho intramolecular Hbond substituents is 1. The van der Waals surface area contributed by atoms with E-state index in [4.69, 9.17) is 4.74 Å². The highest BCUT2D eigenvalue weighted by Gasteiger charge is 2.63. The van der Waals surface area contributed by atoms with Crippen molar-refractivity contribution in [2.75, 3.05) is 26.3 Å². The maximum Gasteiger partial charge on any atom is 0.253 e. The predicted molar refractivity (Wildman–Crippen MR) is 146 cm³/mol. The molecule has 2 N–H and O–H groups in total. The summed E-state index contributed by atoms with van der Waals surface area (Å²) in [4.78, 5) is 32.1. The number of amides is 2. The number of carbonyl (C=O) groups excluding carboxylic acids is 2. The van der Waals surface area contributed by atoms with Crippen LogP contribution in [0.3, 0.4) is 0 Å². The lowest BCUT2D eigenvalue weighted by molar-refractivity contribution is -0.135. The van der Waals surface area contributed by atoms with E-state index >= 15 is 0 Å². The first-order valence-corrected chi connectivity index (χ1v) is 13.4. The number of ether oxygens (including phenoxy) is 1. The number of carbonyl (C=O) groups is 2. The summed E-state index contributed by atoms with van der Waals surface area (Å²) in [5.74, 6) is 0.120. The zero-order valence-electron chi connectivity index (χ0n) is 22.1. The molecule has 2 heterocycles. The predicted octanol–water partition coefficient (Wildman–Crippen LogP) is 4.89.